The first kappa shape index (κ1) is 29.0. The van der Waals surface area contributed by atoms with Crippen LogP contribution in [0.15, 0.2) is 60.7 Å². The number of amides is 2. The quantitative estimate of drug-likeness (QED) is 0.268. The number of nitrogens with one attached hydrogen (secondary N) is 3. The molecule has 0 aromatic heterocycles. The number of rotatable bonds is 5. The van der Waals surface area contributed by atoms with E-state index in [1.165, 1.54) is 13.0 Å². The maximum Gasteiger partial charge on any atom is 0.413 e. The number of halogens is 3. The van der Waals surface area contributed by atoms with Crippen molar-refractivity contribution in [3.63, 3.8) is 0 Å². The Kier molecular flexibility index (Phi) is 7.61. The molecule has 41 heavy (non-hydrogen) atoms. The Balaban J connectivity index is 1.61. The first-order chi connectivity index (χ1) is 19.3. The van der Waals surface area contributed by atoms with Gasteiger partial charge in [0.1, 0.15) is 11.2 Å². The van der Waals surface area contributed by atoms with E-state index in [4.69, 9.17) is 27.9 Å². The molecule has 3 aromatic carbocycles. The SMILES string of the molecule is CC(=O)c1ccc(NC(=O)O[C@H]2N[C@@H](CC(C)(C)C)[C@@]3(C(=O)Nc4cc(Cl)ccc43)[C@H]2c2cccc(Cl)c2F)cc1. The van der Waals surface area contributed by atoms with Gasteiger partial charge in [-0.05, 0) is 72.4 Å². The van der Waals surface area contributed by atoms with E-state index in [1.54, 1.807) is 54.6 Å². The predicted octanol–water partition coefficient (Wildman–Crippen LogP) is 7.29. The van der Waals surface area contributed by atoms with E-state index in [0.717, 1.165) is 0 Å². The van der Waals surface area contributed by atoms with Crippen molar-refractivity contribution in [2.45, 2.75) is 57.7 Å². The van der Waals surface area contributed by atoms with Crippen LogP contribution in [0.3, 0.4) is 0 Å². The van der Waals surface area contributed by atoms with Crippen molar-refractivity contribution in [2.24, 2.45) is 5.41 Å². The highest BCUT2D eigenvalue weighted by Crippen LogP contribution is 2.57. The molecule has 2 aliphatic rings. The normalized spacial score (nSPS) is 23.3. The zero-order chi connectivity index (χ0) is 29.7. The Labute approximate surface area is 247 Å². The molecule has 1 spiro atoms. The topological polar surface area (TPSA) is 96.5 Å². The van der Waals surface area contributed by atoms with Crippen LogP contribution in [-0.2, 0) is 14.9 Å². The van der Waals surface area contributed by atoms with Gasteiger partial charge in [0.25, 0.3) is 0 Å². The lowest BCUT2D eigenvalue weighted by Gasteiger charge is -2.37. The van der Waals surface area contributed by atoms with E-state index in [1.807, 2.05) is 20.8 Å². The highest BCUT2D eigenvalue weighted by molar-refractivity contribution is 6.31. The highest BCUT2D eigenvalue weighted by atomic mass is 35.5. The van der Waals surface area contributed by atoms with Crippen LogP contribution in [0.5, 0.6) is 0 Å². The highest BCUT2D eigenvalue weighted by Gasteiger charge is 2.66. The monoisotopic (exact) mass is 597 g/mol. The summed E-state index contributed by atoms with van der Waals surface area (Å²) in [6, 6.07) is 15.5. The molecule has 2 amide bonds. The van der Waals surface area contributed by atoms with Gasteiger partial charge < -0.3 is 10.1 Å². The van der Waals surface area contributed by atoms with Crippen LogP contribution in [-0.4, -0.2) is 30.1 Å². The summed E-state index contributed by atoms with van der Waals surface area (Å²) < 4.78 is 21.7. The van der Waals surface area contributed by atoms with Crippen LogP contribution in [0.25, 0.3) is 0 Å². The maximum atomic E-state index is 15.8. The van der Waals surface area contributed by atoms with E-state index in [0.29, 0.717) is 33.9 Å². The molecule has 3 N–H and O–H groups in total. The molecule has 1 fully saturated rings. The Bertz CT molecular complexity index is 1540. The first-order valence-electron chi connectivity index (χ1n) is 13.2. The average Bonchev–Trinajstić information content (AvgIpc) is 3.33. The minimum Gasteiger partial charge on any atom is -0.429 e. The summed E-state index contributed by atoms with van der Waals surface area (Å²) in [6.07, 6.45) is -1.43. The first-order valence-corrected chi connectivity index (χ1v) is 14.0. The lowest BCUT2D eigenvalue weighted by Crippen LogP contribution is -2.49. The third-order valence-electron chi connectivity index (χ3n) is 7.66. The van der Waals surface area contributed by atoms with Gasteiger partial charge in [0.15, 0.2) is 12.0 Å². The lowest BCUT2D eigenvalue weighted by atomic mass is 9.63. The number of carbonyl (C=O) groups is 3. The minimum absolute atomic E-state index is 0.104. The van der Waals surface area contributed by atoms with E-state index in [2.05, 4.69) is 16.0 Å². The third kappa shape index (κ3) is 5.32. The summed E-state index contributed by atoms with van der Waals surface area (Å²) in [5.41, 5.74) is 0.581. The van der Waals surface area contributed by atoms with Crippen LogP contribution in [0.4, 0.5) is 20.6 Å². The Hall–Kier alpha value is -3.46. The van der Waals surface area contributed by atoms with Crippen molar-refractivity contribution in [1.82, 2.24) is 5.32 Å². The zero-order valence-electron chi connectivity index (χ0n) is 23.0. The molecule has 0 unspecified atom stereocenters. The van der Waals surface area contributed by atoms with Gasteiger partial charge in [-0.3, -0.25) is 20.2 Å². The fourth-order valence-corrected chi connectivity index (χ4v) is 6.37. The van der Waals surface area contributed by atoms with Crippen molar-refractivity contribution in [1.29, 1.82) is 0 Å². The molecule has 0 aliphatic carbocycles. The summed E-state index contributed by atoms with van der Waals surface area (Å²) in [5, 5.41) is 9.31. The van der Waals surface area contributed by atoms with Gasteiger partial charge in [-0.2, -0.15) is 0 Å². The van der Waals surface area contributed by atoms with Gasteiger partial charge in [0.05, 0.1) is 10.9 Å². The fraction of sp³-hybridized carbons (Fsp3) is 0.323. The van der Waals surface area contributed by atoms with Crippen LogP contribution in [0, 0.1) is 11.2 Å². The van der Waals surface area contributed by atoms with Gasteiger partial charge in [-0.15, -0.1) is 0 Å². The Morgan fingerprint density at radius 3 is 2.44 bits per heavy atom. The second-order valence-electron chi connectivity index (χ2n) is 11.7. The summed E-state index contributed by atoms with van der Waals surface area (Å²) in [5.74, 6) is -2.14. The minimum atomic E-state index is -1.35. The summed E-state index contributed by atoms with van der Waals surface area (Å²) in [4.78, 5) is 38.9. The summed E-state index contributed by atoms with van der Waals surface area (Å²) >= 11 is 12.5. The second-order valence-corrected chi connectivity index (χ2v) is 12.5. The smallest absolute Gasteiger partial charge is 0.413 e. The summed E-state index contributed by atoms with van der Waals surface area (Å²) in [7, 11) is 0. The number of ketones is 1. The predicted molar refractivity (Wildman–Crippen MR) is 157 cm³/mol. The Morgan fingerprint density at radius 1 is 1.07 bits per heavy atom. The molecular formula is C31H30Cl2FN3O4. The molecule has 2 aliphatic heterocycles. The van der Waals surface area contributed by atoms with Gasteiger partial charge in [0.2, 0.25) is 5.91 Å². The molecule has 0 saturated carbocycles. The van der Waals surface area contributed by atoms with Crippen LogP contribution in [0.2, 0.25) is 10.0 Å². The van der Waals surface area contributed by atoms with Crippen molar-refractivity contribution in [2.75, 3.05) is 10.6 Å². The van der Waals surface area contributed by atoms with Crippen LogP contribution >= 0.6 is 23.2 Å². The number of fused-ring (bicyclic) bond motifs is 2. The van der Waals surface area contributed by atoms with E-state index in [9.17, 15) is 14.4 Å². The molecule has 2 heterocycles. The molecule has 7 nitrogen and oxygen atoms in total. The number of carbonyl (C=O) groups excluding carboxylic acids is 3. The van der Waals surface area contributed by atoms with Crippen LogP contribution in [0.1, 0.15) is 61.5 Å². The number of hydrogen-bond donors (Lipinski definition) is 3. The molecular weight excluding hydrogens is 568 g/mol. The molecule has 10 heteroatoms. The van der Waals surface area contributed by atoms with E-state index < -0.39 is 35.5 Å². The number of ether oxygens (including phenoxy) is 1. The largest absolute Gasteiger partial charge is 0.429 e. The zero-order valence-corrected chi connectivity index (χ0v) is 24.5. The maximum absolute atomic E-state index is 15.8. The molecule has 3 aromatic rings. The number of anilines is 2. The molecule has 0 bridgehead atoms. The van der Waals surface area contributed by atoms with E-state index >= 15 is 4.39 Å². The molecule has 214 valence electrons. The molecule has 0 radical (unpaired) electrons. The number of benzene rings is 3. The lowest BCUT2D eigenvalue weighted by molar-refractivity contribution is -0.122. The fourth-order valence-electron chi connectivity index (χ4n) is 6.02. The third-order valence-corrected chi connectivity index (χ3v) is 8.19. The van der Waals surface area contributed by atoms with Gasteiger partial charge in [-0.25, -0.2) is 9.18 Å². The second kappa shape index (κ2) is 10.7. The van der Waals surface area contributed by atoms with Gasteiger partial charge in [-0.1, -0.05) is 62.2 Å². The van der Waals surface area contributed by atoms with Gasteiger partial charge in [0, 0.05) is 28.0 Å². The molecule has 4 atom stereocenters. The Morgan fingerprint density at radius 2 is 1.78 bits per heavy atom. The average molecular weight is 599 g/mol. The van der Waals surface area contributed by atoms with Crippen molar-refractivity contribution >= 4 is 52.4 Å². The molecule has 1 saturated heterocycles. The number of hydrogen-bond acceptors (Lipinski definition) is 5. The van der Waals surface area contributed by atoms with Gasteiger partial charge >= 0.3 is 6.09 Å². The number of Topliss-reactive ketones (excluding diaryl/α,β-unsaturated/α-hetero) is 1. The van der Waals surface area contributed by atoms with Crippen molar-refractivity contribution < 1.29 is 23.5 Å². The molecule has 5 rings (SSSR count). The van der Waals surface area contributed by atoms with E-state index in [-0.39, 0.29) is 27.7 Å². The van der Waals surface area contributed by atoms with Crippen molar-refractivity contribution in [3.05, 3.63) is 93.2 Å². The summed E-state index contributed by atoms with van der Waals surface area (Å²) in [6.45, 7) is 7.57. The van der Waals surface area contributed by atoms with Crippen LogP contribution < -0.4 is 16.0 Å². The standard InChI is InChI=1S/C31H30Cl2FN3O4/c1-16(38)17-8-11-19(12-9-17)35-29(40)41-27-25(20-6-5-7-22(33)26(20)34)31(24(37-27)15-30(2,3)4)21-13-10-18(32)14-23(21)36-28(31)39/h5-14,24-25,27,37H,15H2,1-4H3,(H,35,40)(H,36,39)/t24-,25-,27+,31+/m0/s1. The van der Waals surface area contributed by atoms with Crippen molar-refractivity contribution in [3.8, 4) is 0 Å².